The Morgan fingerprint density at radius 1 is 1.19 bits per heavy atom. The normalized spacial score (nSPS) is 27.6. The van der Waals surface area contributed by atoms with Crippen molar-refractivity contribution in [1.82, 2.24) is 0 Å². The molecule has 0 N–H and O–H groups in total. The monoisotopic (exact) mass is 290 g/mol. The second kappa shape index (κ2) is 6.10. The van der Waals surface area contributed by atoms with E-state index < -0.39 is 11.6 Å². The molecule has 0 aromatic heterocycles. The van der Waals surface area contributed by atoms with Gasteiger partial charge in [0.15, 0.2) is 11.6 Å². The van der Waals surface area contributed by atoms with E-state index in [-0.39, 0.29) is 6.10 Å². The highest BCUT2D eigenvalue weighted by atomic mass is 19.2. The first kappa shape index (κ1) is 14.5. The first-order valence-electron chi connectivity index (χ1n) is 7.58. The minimum Gasteiger partial charge on any atom is -0.368 e. The number of halogens is 2. The second-order valence-corrected chi connectivity index (χ2v) is 5.92. The van der Waals surface area contributed by atoms with Crippen LogP contribution in [0.5, 0.6) is 0 Å². The van der Waals surface area contributed by atoms with Crippen molar-refractivity contribution < 1.29 is 13.5 Å². The van der Waals surface area contributed by atoms with Crippen molar-refractivity contribution in [2.45, 2.75) is 31.8 Å². The predicted molar refractivity (Wildman–Crippen MR) is 78.9 cm³/mol. The van der Waals surface area contributed by atoms with Gasteiger partial charge < -0.3 is 4.74 Å². The van der Waals surface area contributed by atoms with Crippen LogP contribution in [0.1, 0.15) is 36.5 Å². The van der Waals surface area contributed by atoms with Crippen molar-refractivity contribution in [3.05, 3.63) is 59.7 Å². The smallest absolute Gasteiger partial charge is 0.164 e. The third-order valence-electron chi connectivity index (χ3n) is 4.46. The minimum atomic E-state index is -0.735. The Bertz CT molecular complexity index is 561. The first-order chi connectivity index (χ1) is 10.2. The lowest BCUT2D eigenvalue weighted by atomic mass is 9.85. The molecule has 3 rings (SSSR count). The zero-order valence-corrected chi connectivity index (χ0v) is 12.0. The number of rotatable bonds is 5. The van der Waals surface area contributed by atoms with Gasteiger partial charge in [-0.05, 0) is 43.1 Å². The number of aryl methyl sites for hydroxylation is 1. The maximum absolute atomic E-state index is 14.1. The quantitative estimate of drug-likeness (QED) is 0.564. The van der Waals surface area contributed by atoms with Gasteiger partial charge >= 0.3 is 0 Å². The fourth-order valence-corrected chi connectivity index (χ4v) is 2.95. The summed E-state index contributed by atoms with van der Waals surface area (Å²) in [6.45, 7) is 4.29. The molecule has 1 aromatic carbocycles. The number of hydrogen-bond donors (Lipinski definition) is 0. The SMILES string of the molecule is C=CC1C=CC(CCc2ccc(C3CO3)c(F)c2F)CC1. The molecule has 0 amide bonds. The van der Waals surface area contributed by atoms with E-state index in [1.807, 2.05) is 6.08 Å². The summed E-state index contributed by atoms with van der Waals surface area (Å²) in [6.07, 6.45) is 9.69. The van der Waals surface area contributed by atoms with Crippen LogP contribution in [-0.4, -0.2) is 6.61 Å². The molecule has 3 heteroatoms. The zero-order chi connectivity index (χ0) is 14.8. The van der Waals surface area contributed by atoms with Gasteiger partial charge in [-0.25, -0.2) is 8.78 Å². The minimum absolute atomic E-state index is 0.245. The highest BCUT2D eigenvalue weighted by Crippen LogP contribution is 2.34. The van der Waals surface area contributed by atoms with Gasteiger partial charge in [-0.15, -0.1) is 6.58 Å². The van der Waals surface area contributed by atoms with Gasteiger partial charge in [0.2, 0.25) is 0 Å². The molecule has 1 heterocycles. The van der Waals surface area contributed by atoms with E-state index in [0.29, 0.717) is 36.0 Å². The van der Waals surface area contributed by atoms with Crippen LogP contribution < -0.4 is 0 Å². The van der Waals surface area contributed by atoms with Gasteiger partial charge in [0.1, 0.15) is 6.10 Å². The van der Waals surface area contributed by atoms with Gasteiger partial charge in [0.05, 0.1) is 6.61 Å². The maximum atomic E-state index is 14.1. The first-order valence-corrected chi connectivity index (χ1v) is 7.58. The van der Waals surface area contributed by atoms with E-state index in [1.165, 1.54) is 0 Å². The summed E-state index contributed by atoms with van der Waals surface area (Å²) < 4.78 is 33.0. The third-order valence-corrected chi connectivity index (χ3v) is 4.46. The lowest BCUT2D eigenvalue weighted by molar-refractivity contribution is 0.399. The number of hydrogen-bond acceptors (Lipinski definition) is 1. The van der Waals surface area contributed by atoms with Crippen molar-refractivity contribution in [2.75, 3.05) is 6.61 Å². The standard InChI is InChI=1S/C18H20F2O/c1-2-12-3-5-13(6-4-12)7-8-14-9-10-15(16-11-21-16)18(20)17(14)19/h2-3,5,9-10,12-13,16H,1,4,6-8,11H2. The molecular formula is C18H20F2O. The van der Waals surface area contributed by atoms with E-state index >= 15 is 0 Å². The molecule has 1 aliphatic carbocycles. The highest BCUT2D eigenvalue weighted by molar-refractivity contribution is 5.29. The van der Waals surface area contributed by atoms with Crippen LogP contribution in [0.25, 0.3) is 0 Å². The average Bonchev–Trinajstić information content (AvgIpc) is 3.34. The van der Waals surface area contributed by atoms with Crippen molar-refractivity contribution in [3.8, 4) is 0 Å². The summed E-state index contributed by atoms with van der Waals surface area (Å²) in [7, 11) is 0. The summed E-state index contributed by atoms with van der Waals surface area (Å²) in [4.78, 5) is 0. The number of benzene rings is 1. The lowest BCUT2D eigenvalue weighted by Gasteiger charge is -2.20. The van der Waals surface area contributed by atoms with Crippen LogP contribution in [0.4, 0.5) is 8.78 Å². The van der Waals surface area contributed by atoms with E-state index in [9.17, 15) is 8.78 Å². The number of epoxide rings is 1. The Kier molecular flexibility index (Phi) is 4.20. The molecule has 1 saturated heterocycles. The van der Waals surface area contributed by atoms with Crippen molar-refractivity contribution >= 4 is 0 Å². The van der Waals surface area contributed by atoms with Crippen LogP contribution in [-0.2, 0) is 11.2 Å². The van der Waals surface area contributed by atoms with E-state index in [2.05, 4.69) is 18.7 Å². The fraction of sp³-hybridized carbons (Fsp3) is 0.444. The molecule has 21 heavy (non-hydrogen) atoms. The summed E-state index contributed by atoms with van der Waals surface area (Å²) in [5, 5.41) is 0. The van der Waals surface area contributed by atoms with Gasteiger partial charge in [-0.2, -0.15) is 0 Å². The average molecular weight is 290 g/mol. The topological polar surface area (TPSA) is 12.5 Å². The van der Waals surface area contributed by atoms with Crippen molar-refractivity contribution in [1.29, 1.82) is 0 Å². The van der Waals surface area contributed by atoms with Crippen LogP contribution in [0.2, 0.25) is 0 Å². The van der Waals surface area contributed by atoms with Crippen LogP contribution in [0, 0.1) is 23.5 Å². The molecule has 0 spiro atoms. The van der Waals surface area contributed by atoms with E-state index in [4.69, 9.17) is 4.74 Å². The molecule has 0 radical (unpaired) electrons. The molecular weight excluding hydrogens is 270 g/mol. The van der Waals surface area contributed by atoms with Gasteiger partial charge in [-0.1, -0.05) is 30.4 Å². The van der Waals surface area contributed by atoms with Crippen molar-refractivity contribution in [3.63, 3.8) is 0 Å². The molecule has 1 fully saturated rings. The molecule has 112 valence electrons. The van der Waals surface area contributed by atoms with Gasteiger partial charge in [0.25, 0.3) is 0 Å². The summed E-state index contributed by atoms with van der Waals surface area (Å²) in [6, 6.07) is 3.37. The zero-order valence-electron chi connectivity index (χ0n) is 12.0. The van der Waals surface area contributed by atoms with Gasteiger partial charge in [0, 0.05) is 5.56 Å². The molecule has 0 bridgehead atoms. The molecule has 3 atom stereocenters. The number of ether oxygens (including phenoxy) is 1. The Morgan fingerprint density at radius 2 is 2.00 bits per heavy atom. The largest absolute Gasteiger partial charge is 0.368 e. The molecule has 1 nitrogen and oxygen atoms in total. The third kappa shape index (κ3) is 3.24. The molecule has 0 saturated carbocycles. The molecule has 3 unspecified atom stereocenters. The maximum Gasteiger partial charge on any atom is 0.164 e. The highest BCUT2D eigenvalue weighted by Gasteiger charge is 2.30. The molecule has 1 aromatic rings. The van der Waals surface area contributed by atoms with Crippen LogP contribution in [0.15, 0.2) is 36.9 Å². The number of allylic oxidation sites excluding steroid dienone is 3. The summed E-state index contributed by atoms with van der Waals surface area (Å²) in [5.74, 6) is -0.518. The van der Waals surface area contributed by atoms with E-state index in [1.54, 1.807) is 12.1 Å². The molecule has 1 aliphatic heterocycles. The van der Waals surface area contributed by atoms with Gasteiger partial charge in [-0.3, -0.25) is 0 Å². The summed E-state index contributed by atoms with van der Waals surface area (Å²) in [5.41, 5.74) is 0.818. The predicted octanol–water partition coefficient (Wildman–Crippen LogP) is 4.74. The molecule has 2 aliphatic rings. The van der Waals surface area contributed by atoms with E-state index in [0.717, 1.165) is 19.3 Å². The summed E-state index contributed by atoms with van der Waals surface area (Å²) >= 11 is 0. The Labute approximate surface area is 124 Å². The Balaban J connectivity index is 1.63. The fourth-order valence-electron chi connectivity index (χ4n) is 2.95. The second-order valence-electron chi connectivity index (χ2n) is 5.92. The Morgan fingerprint density at radius 3 is 2.62 bits per heavy atom. The van der Waals surface area contributed by atoms with Crippen LogP contribution >= 0.6 is 0 Å². The van der Waals surface area contributed by atoms with Crippen molar-refractivity contribution in [2.24, 2.45) is 11.8 Å². The Hall–Kier alpha value is -1.48. The van der Waals surface area contributed by atoms with Crippen LogP contribution in [0.3, 0.4) is 0 Å². The lowest BCUT2D eigenvalue weighted by Crippen LogP contribution is -2.09.